The van der Waals surface area contributed by atoms with Gasteiger partial charge in [-0.05, 0) is 42.7 Å². The molecule has 3 rings (SSSR count). The topological polar surface area (TPSA) is 45.2 Å². The predicted octanol–water partition coefficient (Wildman–Crippen LogP) is 3.41. The highest BCUT2D eigenvalue weighted by Crippen LogP contribution is 2.23. The van der Waals surface area contributed by atoms with Gasteiger partial charge in [-0.1, -0.05) is 23.6 Å². The number of aromatic nitrogens is 1. The largest absolute Gasteiger partial charge is 0.356 e. The second-order valence-corrected chi connectivity index (χ2v) is 6.26. The van der Waals surface area contributed by atoms with Gasteiger partial charge in [-0.15, -0.1) is 6.42 Å². The fraction of sp³-hybridized carbons (Fsp3) is 0.238. The third-order valence-corrected chi connectivity index (χ3v) is 4.41. The highest BCUT2D eigenvalue weighted by molar-refractivity contribution is 5.94. The number of carbonyl (C=O) groups excluding carboxylic acids is 1. The average molecular weight is 367 g/mol. The SMILES string of the molecule is C#CCNC(=O)c1ccc(N2CCC(=Cc3ccc(F)c(F)c3)CC2)nc1. The lowest BCUT2D eigenvalue weighted by atomic mass is 10.0. The number of nitrogens with one attached hydrogen (secondary N) is 1. The molecule has 1 amide bonds. The van der Waals surface area contributed by atoms with E-state index >= 15 is 0 Å². The normalized spacial score (nSPS) is 13.8. The van der Waals surface area contributed by atoms with E-state index in [1.54, 1.807) is 12.1 Å². The van der Waals surface area contributed by atoms with Crippen molar-refractivity contribution in [2.45, 2.75) is 12.8 Å². The van der Waals surface area contributed by atoms with Crippen molar-refractivity contribution >= 4 is 17.8 Å². The van der Waals surface area contributed by atoms with Gasteiger partial charge in [0.2, 0.25) is 0 Å². The van der Waals surface area contributed by atoms with Crippen LogP contribution in [0.2, 0.25) is 0 Å². The molecule has 0 radical (unpaired) electrons. The number of halogens is 2. The summed E-state index contributed by atoms with van der Waals surface area (Å²) in [6.45, 7) is 1.72. The Labute approximate surface area is 156 Å². The Morgan fingerprint density at radius 1 is 1.22 bits per heavy atom. The van der Waals surface area contributed by atoms with Crippen molar-refractivity contribution in [2.24, 2.45) is 0 Å². The quantitative estimate of drug-likeness (QED) is 0.843. The molecule has 138 valence electrons. The van der Waals surface area contributed by atoms with E-state index < -0.39 is 11.6 Å². The van der Waals surface area contributed by atoms with Gasteiger partial charge >= 0.3 is 0 Å². The van der Waals surface area contributed by atoms with Crippen LogP contribution in [0.3, 0.4) is 0 Å². The number of nitrogens with zero attached hydrogens (tertiary/aromatic N) is 2. The van der Waals surface area contributed by atoms with Crippen molar-refractivity contribution in [3.8, 4) is 12.3 Å². The molecule has 1 aromatic carbocycles. The maximum atomic E-state index is 13.3. The summed E-state index contributed by atoms with van der Waals surface area (Å²) in [7, 11) is 0. The zero-order valence-electron chi connectivity index (χ0n) is 14.7. The van der Waals surface area contributed by atoms with Crippen molar-refractivity contribution in [3.63, 3.8) is 0 Å². The van der Waals surface area contributed by atoms with Gasteiger partial charge in [0.05, 0.1) is 12.1 Å². The predicted molar refractivity (Wildman–Crippen MR) is 101 cm³/mol. The van der Waals surface area contributed by atoms with Crippen LogP contribution >= 0.6 is 0 Å². The van der Waals surface area contributed by atoms with Crippen LogP contribution in [0.4, 0.5) is 14.6 Å². The smallest absolute Gasteiger partial charge is 0.253 e. The van der Waals surface area contributed by atoms with Crippen LogP contribution in [0.15, 0.2) is 42.1 Å². The minimum Gasteiger partial charge on any atom is -0.356 e. The van der Waals surface area contributed by atoms with Crippen molar-refractivity contribution in [1.29, 1.82) is 0 Å². The first-order chi connectivity index (χ1) is 13.1. The number of piperidine rings is 1. The van der Waals surface area contributed by atoms with E-state index in [1.807, 2.05) is 12.1 Å². The van der Waals surface area contributed by atoms with Crippen LogP contribution in [0.1, 0.15) is 28.8 Å². The van der Waals surface area contributed by atoms with E-state index in [0.29, 0.717) is 11.1 Å². The van der Waals surface area contributed by atoms with E-state index in [-0.39, 0.29) is 12.5 Å². The molecule has 0 unspecified atom stereocenters. The van der Waals surface area contributed by atoms with Crippen molar-refractivity contribution in [1.82, 2.24) is 10.3 Å². The molecule has 1 fully saturated rings. The molecule has 0 bridgehead atoms. The zero-order chi connectivity index (χ0) is 19.2. The Hall–Kier alpha value is -3.20. The maximum Gasteiger partial charge on any atom is 0.253 e. The molecule has 0 atom stereocenters. The van der Waals surface area contributed by atoms with Gasteiger partial charge in [-0.25, -0.2) is 13.8 Å². The molecule has 1 saturated heterocycles. The van der Waals surface area contributed by atoms with Crippen LogP contribution in [0.25, 0.3) is 6.08 Å². The van der Waals surface area contributed by atoms with Gasteiger partial charge in [0.1, 0.15) is 5.82 Å². The first-order valence-electron chi connectivity index (χ1n) is 8.64. The summed E-state index contributed by atoms with van der Waals surface area (Å²) in [4.78, 5) is 18.3. The van der Waals surface area contributed by atoms with Crippen LogP contribution < -0.4 is 10.2 Å². The van der Waals surface area contributed by atoms with Gasteiger partial charge in [-0.3, -0.25) is 4.79 Å². The molecule has 1 N–H and O–H groups in total. The summed E-state index contributed by atoms with van der Waals surface area (Å²) >= 11 is 0. The standard InChI is InChI=1S/C21H19F2N3O/c1-2-9-24-21(27)17-4-6-20(25-14-17)26-10-7-15(8-11-26)12-16-3-5-18(22)19(23)13-16/h1,3-6,12-14H,7-11H2,(H,24,27). The summed E-state index contributed by atoms with van der Waals surface area (Å²) in [6.07, 6.45) is 10.2. The summed E-state index contributed by atoms with van der Waals surface area (Å²) in [5.74, 6) is 1.23. The molecule has 1 aromatic heterocycles. The summed E-state index contributed by atoms with van der Waals surface area (Å²) in [5.41, 5.74) is 2.31. The van der Waals surface area contributed by atoms with E-state index in [1.165, 1.54) is 17.8 Å². The lowest BCUT2D eigenvalue weighted by Gasteiger charge is -2.29. The molecule has 27 heavy (non-hydrogen) atoms. The number of terminal acetylenes is 1. The minimum absolute atomic E-state index is 0.180. The molecule has 0 aliphatic carbocycles. The molecule has 0 spiro atoms. The molecule has 4 nitrogen and oxygen atoms in total. The minimum atomic E-state index is -0.838. The lowest BCUT2D eigenvalue weighted by Crippen LogP contribution is -2.31. The highest BCUT2D eigenvalue weighted by atomic mass is 19.2. The third kappa shape index (κ3) is 4.70. The molecule has 2 aromatic rings. The highest BCUT2D eigenvalue weighted by Gasteiger charge is 2.16. The second-order valence-electron chi connectivity index (χ2n) is 6.26. The summed E-state index contributed by atoms with van der Waals surface area (Å²) in [5, 5.41) is 2.60. The molecule has 0 saturated carbocycles. The fourth-order valence-corrected chi connectivity index (χ4v) is 2.95. The number of amides is 1. The van der Waals surface area contributed by atoms with Crippen molar-refractivity contribution in [2.75, 3.05) is 24.5 Å². The van der Waals surface area contributed by atoms with Gasteiger partial charge < -0.3 is 10.2 Å². The molecule has 2 heterocycles. The van der Waals surface area contributed by atoms with E-state index in [4.69, 9.17) is 6.42 Å². The Bertz CT molecular complexity index is 891. The van der Waals surface area contributed by atoms with Gasteiger partial charge in [0.25, 0.3) is 5.91 Å². The monoisotopic (exact) mass is 367 g/mol. The number of rotatable bonds is 4. The van der Waals surface area contributed by atoms with Crippen LogP contribution in [0, 0.1) is 24.0 Å². The van der Waals surface area contributed by atoms with Crippen LogP contribution in [-0.4, -0.2) is 30.5 Å². The van der Waals surface area contributed by atoms with Crippen molar-refractivity contribution in [3.05, 3.63) is 64.9 Å². The third-order valence-electron chi connectivity index (χ3n) is 4.41. The number of anilines is 1. The summed E-state index contributed by atoms with van der Waals surface area (Å²) < 4.78 is 26.3. The number of pyridine rings is 1. The average Bonchev–Trinajstić information content (AvgIpc) is 2.70. The van der Waals surface area contributed by atoms with E-state index in [9.17, 15) is 13.6 Å². The van der Waals surface area contributed by atoms with Crippen LogP contribution in [0.5, 0.6) is 0 Å². The Morgan fingerprint density at radius 2 is 2.00 bits per heavy atom. The fourth-order valence-electron chi connectivity index (χ4n) is 2.95. The number of hydrogen-bond donors (Lipinski definition) is 1. The Kier molecular flexibility index (Phi) is 5.82. The number of hydrogen-bond acceptors (Lipinski definition) is 3. The van der Waals surface area contributed by atoms with E-state index in [2.05, 4.69) is 21.1 Å². The second kappa shape index (κ2) is 8.45. The van der Waals surface area contributed by atoms with Gasteiger partial charge in [0, 0.05) is 19.3 Å². The molecular formula is C21H19F2N3O. The summed E-state index contributed by atoms with van der Waals surface area (Å²) in [6, 6.07) is 7.46. The lowest BCUT2D eigenvalue weighted by molar-refractivity contribution is 0.0958. The van der Waals surface area contributed by atoms with Gasteiger partial charge in [-0.2, -0.15) is 0 Å². The maximum absolute atomic E-state index is 13.3. The number of carbonyl (C=O) groups is 1. The first kappa shape index (κ1) is 18.6. The number of benzene rings is 1. The van der Waals surface area contributed by atoms with Crippen molar-refractivity contribution < 1.29 is 13.6 Å². The molecule has 6 heteroatoms. The molecule has 1 aliphatic heterocycles. The first-order valence-corrected chi connectivity index (χ1v) is 8.64. The Balaban J connectivity index is 1.60. The Morgan fingerprint density at radius 3 is 2.63 bits per heavy atom. The molecule has 1 aliphatic rings. The van der Waals surface area contributed by atoms with Crippen LogP contribution in [-0.2, 0) is 0 Å². The zero-order valence-corrected chi connectivity index (χ0v) is 14.7. The molecular weight excluding hydrogens is 348 g/mol. The van der Waals surface area contributed by atoms with E-state index in [0.717, 1.165) is 37.8 Å². The van der Waals surface area contributed by atoms with Gasteiger partial charge in [0.15, 0.2) is 11.6 Å².